The van der Waals surface area contributed by atoms with Gasteiger partial charge in [-0.15, -0.1) is 0 Å². The van der Waals surface area contributed by atoms with Crippen molar-refractivity contribution >= 4 is 11.7 Å². The van der Waals surface area contributed by atoms with Crippen molar-refractivity contribution < 1.29 is 14.4 Å². The second kappa shape index (κ2) is 6.65. The molecule has 0 radical (unpaired) electrons. The molecule has 0 fully saturated rings. The van der Waals surface area contributed by atoms with Gasteiger partial charge in [-0.25, -0.2) is 4.79 Å². The average Bonchev–Trinajstić information content (AvgIpc) is 2.53. The average molecular weight is 284 g/mol. The third-order valence-corrected chi connectivity index (χ3v) is 2.95. The van der Waals surface area contributed by atoms with E-state index >= 15 is 0 Å². The molecule has 0 atom stereocenters. The van der Waals surface area contributed by atoms with Gasteiger partial charge in [0.2, 0.25) is 0 Å². The number of carbonyl (C=O) groups is 1. The van der Waals surface area contributed by atoms with Crippen molar-refractivity contribution in [2.75, 3.05) is 14.2 Å². The van der Waals surface area contributed by atoms with Crippen molar-refractivity contribution in [2.24, 2.45) is 5.16 Å². The topological polar surface area (TPSA) is 60.8 Å². The lowest BCUT2D eigenvalue weighted by Gasteiger charge is -2.09. The minimum absolute atomic E-state index is 0.0867. The molecule has 0 unspecified atom stereocenters. The number of rotatable bonds is 4. The molecule has 108 valence electrons. The number of benzene rings is 1. The van der Waals surface area contributed by atoms with E-state index in [4.69, 9.17) is 9.57 Å². The molecule has 21 heavy (non-hydrogen) atoms. The van der Waals surface area contributed by atoms with Gasteiger partial charge in [-0.05, 0) is 19.1 Å². The Morgan fingerprint density at radius 2 is 1.86 bits per heavy atom. The fourth-order valence-electron chi connectivity index (χ4n) is 1.92. The predicted molar refractivity (Wildman–Crippen MR) is 80.0 cm³/mol. The first kappa shape index (κ1) is 14.7. The van der Waals surface area contributed by atoms with Crippen LogP contribution >= 0.6 is 0 Å². The van der Waals surface area contributed by atoms with Gasteiger partial charge in [0.25, 0.3) is 0 Å². The van der Waals surface area contributed by atoms with Crippen LogP contribution in [0.3, 0.4) is 0 Å². The first-order valence-corrected chi connectivity index (χ1v) is 6.39. The van der Waals surface area contributed by atoms with Crippen molar-refractivity contribution in [3.8, 4) is 11.3 Å². The van der Waals surface area contributed by atoms with Gasteiger partial charge in [0.15, 0.2) is 5.71 Å². The highest BCUT2D eigenvalue weighted by Gasteiger charge is 2.20. The highest BCUT2D eigenvalue weighted by Crippen LogP contribution is 2.22. The summed E-state index contributed by atoms with van der Waals surface area (Å²) in [5.41, 5.74) is 3.34. The molecular formula is C16H16N2O3. The number of hydrogen-bond acceptors (Lipinski definition) is 5. The molecule has 5 heteroatoms. The number of oxime groups is 1. The summed E-state index contributed by atoms with van der Waals surface area (Å²) in [5, 5.41) is 3.77. The zero-order chi connectivity index (χ0) is 15.2. The Balaban J connectivity index is 2.57. The van der Waals surface area contributed by atoms with Crippen molar-refractivity contribution in [3.05, 3.63) is 53.7 Å². The lowest BCUT2D eigenvalue weighted by molar-refractivity contribution is -0.132. The fraction of sp³-hybridized carbons (Fsp3) is 0.188. The first-order valence-electron chi connectivity index (χ1n) is 6.39. The van der Waals surface area contributed by atoms with Gasteiger partial charge in [0.05, 0.1) is 12.8 Å². The highest BCUT2D eigenvalue weighted by molar-refractivity contribution is 6.44. The van der Waals surface area contributed by atoms with E-state index in [1.54, 1.807) is 18.3 Å². The minimum Gasteiger partial charge on any atom is -0.464 e. The molecule has 0 N–H and O–H groups in total. The van der Waals surface area contributed by atoms with Crippen molar-refractivity contribution in [2.45, 2.75) is 6.92 Å². The summed E-state index contributed by atoms with van der Waals surface area (Å²) < 4.78 is 4.75. The van der Waals surface area contributed by atoms with Gasteiger partial charge in [0.1, 0.15) is 7.11 Å². The van der Waals surface area contributed by atoms with E-state index in [0.29, 0.717) is 11.3 Å². The van der Waals surface area contributed by atoms with Crippen LogP contribution in [0.4, 0.5) is 0 Å². The maximum atomic E-state index is 11.9. The molecule has 0 aliphatic carbocycles. The van der Waals surface area contributed by atoms with Gasteiger partial charge in [-0.1, -0.05) is 35.0 Å². The quantitative estimate of drug-likeness (QED) is 0.492. The zero-order valence-electron chi connectivity index (χ0n) is 12.2. The van der Waals surface area contributed by atoms with E-state index in [0.717, 1.165) is 11.1 Å². The van der Waals surface area contributed by atoms with E-state index in [-0.39, 0.29) is 5.71 Å². The van der Waals surface area contributed by atoms with Crippen LogP contribution in [0, 0.1) is 6.92 Å². The van der Waals surface area contributed by atoms with Crippen molar-refractivity contribution in [1.29, 1.82) is 0 Å². The molecule has 1 aromatic heterocycles. The van der Waals surface area contributed by atoms with E-state index in [1.165, 1.54) is 14.2 Å². The molecular weight excluding hydrogens is 268 g/mol. The molecule has 2 rings (SSSR count). The summed E-state index contributed by atoms with van der Waals surface area (Å²) in [7, 11) is 2.68. The number of nitrogens with zero attached hydrogens (tertiary/aromatic N) is 2. The largest absolute Gasteiger partial charge is 0.464 e. The molecule has 0 saturated carbocycles. The summed E-state index contributed by atoms with van der Waals surface area (Å²) in [4.78, 5) is 21.0. The lowest BCUT2D eigenvalue weighted by Crippen LogP contribution is -2.19. The summed E-state index contributed by atoms with van der Waals surface area (Å²) in [6, 6.07) is 11.4. The van der Waals surface area contributed by atoms with Crippen LogP contribution in [-0.2, 0) is 14.4 Å². The van der Waals surface area contributed by atoms with Gasteiger partial charge in [-0.3, -0.25) is 4.98 Å². The molecule has 0 aliphatic heterocycles. The van der Waals surface area contributed by atoms with Crippen LogP contribution < -0.4 is 0 Å². The van der Waals surface area contributed by atoms with Gasteiger partial charge in [-0.2, -0.15) is 0 Å². The van der Waals surface area contributed by atoms with Gasteiger partial charge >= 0.3 is 5.97 Å². The van der Waals surface area contributed by atoms with E-state index in [1.807, 2.05) is 31.2 Å². The van der Waals surface area contributed by atoms with Crippen LogP contribution in [-0.4, -0.2) is 30.9 Å². The Kier molecular flexibility index (Phi) is 4.66. The van der Waals surface area contributed by atoms with Crippen LogP contribution in [0.25, 0.3) is 11.3 Å². The molecule has 1 aromatic carbocycles. The molecule has 5 nitrogen and oxygen atoms in total. The molecule has 0 aliphatic rings. The van der Waals surface area contributed by atoms with Crippen molar-refractivity contribution in [3.63, 3.8) is 0 Å². The Hall–Kier alpha value is -2.69. The van der Waals surface area contributed by atoms with Crippen molar-refractivity contribution in [1.82, 2.24) is 4.98 Å². The number of methoxy groups -OCH3 is 1. The molecule has 0 amide bonds. The number of esters is 1. The van der Waals surface area contributed by atoms with Crippen LogP contribution in [0.5, 0.6) is 0 Å². The monoisotopic (exact) mass is 284 g/mol. The highest BCUT2D eigenvalue weighted by atomic mass is 16.6. The number of hydrogen-bond donors (Lipinski definition) is 0. The van der Waals surface area contributed by atoms with E-state index < -0.39 is 5.97 Å². The standard InChI is InChI=1S/C16H16N2O3/c1-11-6-8-12(9-7-11)14-13(5-4-10-17-14)15(18-21-3)16(19)20-2/h4-10H,1-3H3. The molecule has 0 saturated heterocycles. The summed E-state index contributed by atoms with van der Waals surface area (Å²) >= 11 is 0. The molecule has 1 heterocycles. The maximum absolute atomic E-state index is 11.9. The van der Waals surface area contributed by atoms with Crippen LogP contribution in [0.15, 0.2) is 47.8 Å². The fourth-order valence-corrected chi connectivity index (χ4v) is 1.92. The van der Waals surface area contributed by atoms with Gasteiger partial charge < -0.3 is 9.57 Å². The molecule has 0 spiro atoms. The van der Waals surface area contributed by atoms with E-state index in [9.17, 15) is 4.79 Å². The Bertz CT molecular complexity index is 663. The lowest BCUT2D eigenvalue weighted by atomic mass is 10.0. The second-order valence-corrected chi connectivity index (χ2v) is 4.38. The number of aromatic nitrogens is 1. The van der Waals surface area contributed by atoms with Crippen LogP contribution in [0.1, 0.15) is 11.1 Å². The Morgan fingerprint density at radius 3 is 2.48 bits per heavy atom. The first-order chi connectivity index (χ1) is 10.2. The zero-order valence-corrected chi connectivity index (χ0v) is 12.2. The summed E-state index contributed by atoms with van der Waals surface area (Å²) in [5.74, 6) is -0.571. The third-order valence-electron chi connectivity index (χ3n) is 2.95. The van der Waals surface area contributed by atoms with E-state index in [2.05, 4.69) is 10.1 Å². The third kappa shape index (κ3) is 3.25. The SMILES string of the molecule is CON=C(C(=O)OC)c1cccnc1-c1ccc(C)cc1. The summed E-state index contributed by atoms with van der Waals surface area (Å²) in [6.07, 6.45) is 1.67. The smallest absolute Gasteiger partial charge is 0.360 e. The minimum atomic E-state index is -0.571. The number of ether oxygens (including phenoxy) is 1. The number of pyridine rings is 1. The summed E-state index contributed by atoms with van der Waals surface area (Å²) in [6.45, 7) is 2.01. The molecule has 2 aromatic rings. The second-order valence-electron chi connectivity index (χ2n) is 4.38. The molecule has 0 bridgehead atoms. The number of carbonyl (C=O) groups excluding carboxylic acids is 1. The van der Waals surface area contributed by atoms with Crippen LogP contribution in [0.2, 0.25) is 0 Å². The number of aryl methyl sites for hydroxylation is 1. The predicted octanol–water partition coefficient (Wildman–Crippen LogP) is 2.58. The Morgan fingerprint density at radius 1 is 1.14 bits per heavy atom. The normalized spacial score (nSPS) is 11.1. The maximum Gasteiger partial charge on any atom is 0.360 e. The van der Waals surface area contributed by atoms with Gasteiger partial charge in [0, 0.05) is 17.3 Å². The Labute approximate surface area is 123 Å².